The van der Waals surface area contributed by atoms with Gasteiger partial charge in [-0.1, -0.05) is 16.9 Å². The highest BCUT2D eigenvalue weighted by Crippen LogP contribution is 2.26. The highest BCUT2D eigenvalue weighted by Gasteiger charge is 2.13. The van der Waals surface area contributed by atoms with Crippen molar-refractivity contribution >= 4 is 11.8 Å². The molecule has 0 aliphatic rings. The third-order valence-electron chi connectivity index (χ3n) is 2.78. The van der Waals surface area contributed by atoms with E-state index < -0.39 is 0 Å². The van der Waals surface area contributed by atoms with Crippen molar-refractivity contribution in [3.05, 3.63) is 42.5 Å². The maximum absolute atomic E-state index is 5.20. The van der Waals surface area contributed by atoms with Gasteiger partial charge in [-0.3, -0.25) is 4.98 Å². The Hall–Kier alpha value is -2.08. The first kappa shape index (κ1) is 12.0. The molecule has 3 rings (SSSR count). The molecule has 0 atom stereocenters. The molecular formula is C13H12N4OS. The van der Waals surface area contributed by atoms with Gasteiger partial charge in [0.05, 0.1) is 17.6 Å². The zero-order valence-electron chi connectivity index (χ0n) is 10.6. The van der Waals surface area contributed by atoms with E-state index in [1.54, 1.807) is 17.1 Å². The lowest BCUT2D eigenvalue weighted by atomic mass is 10.2. The van der Waals surface area contributed by atoms with Crippen molar-refractivity contribution in [2.75, 3.05) is 6.26 Å². The zero-order valence-corrected chi connectivity index (χ0v) is 11.4. The number of thioether (sulfide) groups is 1. The molecule has 0 radical (unpaired) electrons. The van der Waals surface area contributed by atoms with Crippen molar-refractivity contribution in [1.82, 2.24) is 19.9 Å². The van der Waals surface area contributed by atoms with Crippen molar-refractivity contribution in [1.29, 1.82) is 0 Å². The molecule has 3 aromatic rings. The monoisotopic (exact) mass is 272 g/mol. The predicted molar refractivity (Wildman–Crippen MR) is 73.4 cm³/mol. The molecule has 0 bridgehead atoms. The molecule has 19 heavy (non-hydrogen) atoms. The molecule has 0 amide bonds. The second-order valence-electron chi connectivity index (χ2n) is 4.02. The lowest BCUT2D eigenvalue weighted by Gasteiger charge is -1.97. The number of hydrogen-bond acceptors (Lipinski definition) is 5. The van der Waals surface area contributed by atoms with Crippen LogP contribution in [0.1, 0.15) is 5.69 Å². The Morgan fingerprint density at radius 1 is 1.37 bits per heavy atom. The van der Waals surface area contributed by atoms with Crippen LogP contribution in [-0.2, 0) is 0 Å². The number of rotatable bonds is 3. The Labute approximate surface area is 114 Å². The molecule has 0 aliphatic heterocycles. The maximum atomic E-state index is 5.20. The van der Waals surface area contributed by atoms with E-state index in [4.69, 9.17) is 4.52 Å². The zero-order chi connectivity index (χ0) is 13.2. The summed E-state index contributed by atoms with van der Waals surface area (Å²) in [5.41, 5.74) is 3.60. The van der Waals surface area contributed by atoms with Crippen molar-refractivity contribution in [3.63, 3.8) is 0 Å². The van der Waals surface area contributed by atoms with Gasteiger partial charge in [0, 0.05) is 24.0 Å². The fourth-order valence-electron chi connectivity index (χ4n) is 1.81. The van der Waals surface area contributed by atoms with E-state index in [1.807, 2.05) is 37.6 Å². The standard InChI is InChI=1S/C13H12N4OS/c1-9-11(12-6-13(19-2)18-16-12)8-17(15-9)10-4-3-5-14-7-10/h3-8H,1-2H3. The summed E-state index contributed by atoms with van der Waals surface area (Å²) in [6.07, 6.45) is 7.40. The van der Waals surface area contributed by atoms with E-state index in [1.165, 1.54) is 11.8 Å². The fourth-order valence-corrected chi connectivity index (χ4v) is 2.16. The average molecular weight is 272 g/mol. The molecular weight excluding hydrogens is 260 g/mol. The highest BCUT2D eigenvalue weighted by molar-refractivity contribution is 7.98. The summed E-state index contributed by atoms with van der Waals surface area (Å²) in [6, 6.07) is 5.76. The van der Waals surface area contributed by atoms with Crippen LogP contribution < -0.4 is 0 Å². The van der Waals surface area contributed by atoms with Gasteiger partial charge in [-0.25, -0.2) is 4.68 Å². The van der Waals surface area contributed by atoms with Crippen LogP contribution in [0.5, 0.6) is 0 Å². The van der Waals surface area contributed by atoms with Gasteiger partial charge in [0.1, 0.15) is 5.69 Å². The van der Waals surface area contributed by atoms with Gasteiger partial charge in [-0.15, -0.1) is 0 Å². The summed E-state index contributed by atoms with van der Waals surface area (Å²) in [5.74, 6) is 0. The third-order valence-corrected chi connectivity index (χ3v) is 3.37. The number of hydrogen-bond donors (Lipinski definition) is 0. The first-order valence-corrected chi connectivity index (χ1v) is 6.98. The molecule has 0 N–H and O–H groups in total. The topological polar surface area (TPSA) is 56.7 Å². The number of nitrogens with zero attached hydrogens (tertiary/aromatic N) is 4. The van der Waals surface area contributed by atoms with Crippen LogP contribution in [-0.4, -0.2) is 26.2 Å². The van der Waals surface area contributed by atoms with Crippen molar-refractivity contribution < 1.29 is 4.52 Å². The van der Waals surface area contributed by atoms with E-state index in [0.29, 0.717) is 0 Å². The van der Waals surface area contributed by atoms with Crippen LogP contribution in [0.25, 0.3) is 16.9 Å². The van der Waals surface area contributed by atoms with Gasteiger partial charge < -0.3 is 4.52 Å². The van der Waals surface area contributed by atoms with E-state index in [9.17, 15) is 0 Å². The molecule has 96 valence electrons. The summed E-state index contributed by atoms with van der Waals surface area (Å²) >= 11 is 1.53. The molecule has 0 spiro atoms. The largest absolute Gasteiger partial charge is 0.349 e. The molecule has 6 heteroatoms. The molecule has 3 aromatic heterocycles. The van der Waals surface area contributed by atoms with Crippen molar-refractivity contribution in [2.24, 2.45) is 0 Å². The van der Waals surface area contributed by atoms with E-state index in [0.717, 1.165) is 27.7 Å². The van der Waals surface area contributed by atoms with Crippen LogP contribution in [0.2, 0.25) is 0 Å². The van der Waals surface area contributed by atoms with Crippen LogP contribution >= 0.6 is 11.8 Å². The van der Waals surface area contributed by atoms with Gasteiger partial charge >= 0.3 is 0 Å². The minimum absolute atomic E-state index is 0.795. The fraction of sp³-hybridized carbons (Fsp3) is 0.154. The van der Waals surface area contributed by atoms with Gasteiger partial charge in [-0.05, 0) is 25.3 Å². The summed E-state index contributed by atoms with van der Waals surface area (Å²) in [5, 5.41) is 9.34. The van der Waals surface area contributed by atoms with E-state index >= 15 is 0 Å². The van der Waals surface area contributed by atoms with Gasteiger partial charge in [0.2, 0.25) is 0 Å². The normalized spacial score (nSPS) is 10.8. The number of aromatic nitrogens is 4. The molecule has 3 heterocycles. The predicted octanol–water partition coefficient (Wildman–Crippen LogP) is 2.95. The minimum Gasteiger partial charge on any atom is -0.349 e. The third kappa shape index (κ3) is 2.26. The number of pyridine rings is 1. The van der Waals surface area contributed by atoms with Crippen molar-refractivity contribution in [2.45, 2.75) is 12.0 Å². The summed E-state index contributed by atoms with van der Waals surface area (Å²) in [4.78, 5) is 4.09. The molecule has 0 aromatic carbocycles. The summed E-state index contributed by atoms with van der Waals surface area (Å²) in [6.45, 7) is 1.95. The smallest absolute Gasteiger partial charge is 0.193 e. The molecule has 0 saturated carbocycles. The average Bonchev–Trinajstić information content (AvgIpc) is 3.06. The molecule has 0 unspecified atom stereocenters. The van der Waals surface area contributed by atoms with Gasteiger partial charge in [0.15, 0.2) is 5.09 Å². The second-order valence-corrected chi connectivity index (χ2v) is 4.83. The van der Waals surface area contributed by atoms with E-state index in [2.05, 4.69) is 15.2 Å². The lowest BCUT2D eigenvalue weighted by Crippen LogP contribution is -1.94. The Bertz CT molecular complexity index is 690. The SMILES string of the molecule is CSc1cc(-c2cn(-c3cccnc3)nc2C)no1. The Balaban J connectivity index is 2.02. The second kappa shape index (κ2) is 4.89. The van der Waals surface area contributed by atoms with Crippen LogP contribution in [0.4, 0.5) is 0 Å². The van der Waals surface area contributed by atoms with Crippen LogP contribution in [0.15, 0.2) is 46.4 Å². The number of aryl methyl sites for hydroxylation is 1. The molecule has 0 aliphatic carbocycles. The molecule has 0 fully saturated rings. The first-order valence-electron chi connectivity index (χ1n) is 5.75. The quantitative estimate of drug-likeness (QED) is 0.686. The van der Waals surface area contributed by atoms with E-state index in [-0.39, 0.29) is 0 Å². The summed E-state index contributed by atoms with van der Waals surface area (Å²) in [7, 11) is 0. The summed E-state index contributed by atoms with van der Waals surface area (Å²) < 4.78 is 7.00. The van der Waals surface area contributed by atoms with Gasteiger partial charge in [0.25, 0.3) is 0 Å². The molecule has 5 nitrogen and oxygen atoms in total. The van der Waals surface area contributed by atoms with Crippen LogP contribution in [0, 0.1) is 6.92 Å². The van der Waals surface area contributed by atoms with Crippen LogP contribution in [0.3, 0.4) is 0 Å². The maximum Gasteiger partial charge on any atom is 0.193 e. The Morgan fingerprint density at radius 2 is 2.26 bits per heavy atom. The highest BCUT2D eigenvalue weighted by atomic mass is 32.2. The minimum atomic E-state index is 0.795. The molecule has 0 saturated heterocycles. The Morgan fingerprint density at radius 3 is 2.95 bits per heavy atom. The first-order chi connectivity index (χ1) is 9.28. The van der Waals surface area contributed by atoms with Crippen molar-refractivity contribution in [3.8, 4) is 16.9 Å². The van der Waals surface area contributed by atoms with Gasteiger partial charge in [-0.2, -0.15) is 5.10 Å². The lowest BCUT2D eigenvalue weighted by molar-refractivity contribution is 0.352. The Kier molecular flexibility index (Phi) is 3.08.